The molecule has 0 aliphatic carbocycles. The third-order valence-corrected chi connectivity index (χ3v) is 2.83. The lowest BCUT2D eigenvalue weighted by Gasteiger charge is -2.24. The number of pyridine rings is 1. The Morgan fingerprint density at radius 1 is 1.37 bits per heavy atom. The molecule has 1 rings (SSSR count). The fourth-order valence-electron chi connectivity index (χ4n) is 1.28. The van der Waals surface area contributed by atoms with Crippen molar-refractivity contribution < 1.29 is 14.7 Å². The van der Waals surface area contributed by atoms with E-state index >= 15 is 0 Å². The van der Waals surface area contributed by atoms with E-state index in [9.17, 15) is 9.59 Å². The van der Waals surface area contributed by atoms with Gasteiger partial charge in [0.2, 0.25) is 0 Å². The Labute approximate surface area is 112 Å². The number of aromatic nitrogens is 1. The Morgan fingerprint density at radius 3 is 2.53 bits per heavy atom. The van der Waals surface area contributed by atoms with Gasteiger partial charge in [0.05, 0.1) is 0 Å². The lowest BCUT2D eigenvalue weighted by atomic mass is 10.0. The molecule has 104 valence electrons. The van der Waals surface area contributed by atoms with Crippen LogP contribution in [0.4, 0.5) is 4.79 Å². The monoisotopic (exact) mass is 265 g/mol. The van der Waals surface area contributed by atoms with Crippen molar-refractivity contribution in [3.8, 4) is 0 Å². The number of carboxylic acids is 1. The van der Waals surface area contributed by atoms with Crippen LogP contribution >= 0.6 is 0 Å². The van der Waals surface area contributed by atoms with Crippen molar-refractivity contribution >= 4 is 12.0 Å². The highest BCUT2D eigenvalue weighted by Crippen LogP contribution is 2.06. The third kappa shape index (κ3) is 4.95. The van der Waals surface area contributed by atoms with E-state index in [1.165, 1.54) is 12.3 Å². The number of carboxylic acid groups (broad SMARTS) is 1. The van der Waals surface area contributed by atoms with Gasteiger partial charge in [0.1, 0.15) is 5.69 Å². The minimum absolute atomic E-state index is 0.0136. The Bertz CT molecular complexity index is 455. The summed E-state index contributed by atoms with van der Waals surface area (Å²) in [6, 6.07) is 2.78. The van der Waals surface area contributed by atoms with Crippen molar-refractivity contribution in [1.82, 2.24) is 15.6 Å². The predicted molar refractivity (Wildman–Crippen MR) is 70.9 cm³/mol. The maximum atomic E-state index is 11.6. The van der Waals surface area contributed by atoms with E-state index in [0.29, 0.717) is 6.54 Å². The quantitative estimate of drug-likeness (QED) is 0.756. The molecule has 0 aliphatic heterocycles. The van der Waals surface area contributed by atoms with Gasteiger partial charge in [-0.15, -0.1) is 0 Å². The minimum atomic E-state index is -1.07. The lowest BCUT2D eigenvalue weighted by molar-refractivity contribution is 0.0690. The van der Waals surface area contributed by atoms with Crippen molar-refractivity contribution in [2.45, 2.75) is 39.3 Å². The van der Waals surface area contributed by atoms with Gasteiger partial charge in [0.15, 0.2) is 0 Å². The summed E-state index contributed by atoms with van der Waals surface area (Å²) in [6.45, 7) is 6.18. The van der Waals surface area contributed by atoms with Gasteiger partial charge in [-0.2, -0.15) is 0 Å². The van der Waals surface area contributed by atoms with Crippen LogP contribution in [0.15, 0.2) is 18.3 Å². The van der Waals surface area contributed by atoms with Gasteiger partial charge in [-0.25, -0.2) is 14.6 Å². The summed E-state index contributed by atoms with van der Waals surface area (Å²) >= 11 is 0. The first kappa shape index (κ1) is 14.9. The smallest absolute Gasteiger partial charge is 0.354 e. The van der Waals surface area contributed by atoms with Gasteiger partial charge >= 0.3 is 12.0 Å². The second-order valence-corrected chi connectivity index (χ2v) is 4.90. The second-order valence-electron chi connectivity index (χ2n) is 4.90. The highest BCUT2D eigenvalue weighted by molar-refractivity contribution is 5.85. The first-order valence-electron chi connectivity index (χ1n) is 6.08. The summed E-state index contributed by atoms with van der Waals surface area (Å²) in [4.78, 5) is 26.0. The minimum Gasteiger partial charge on any atom is -0.477 e. The summed E-state index contributed by atoms with van der Waals surface area (Å²) in [7, 11) is 0. The van der Waals surface area contributed by atoms with Gasteiger partial charge in [0, 0.05) is 18.3 Å². The molecule has 0 unspecified atom stereocenters. The molecule has 0 saturated heterocycles. The van der Waals surface area contributed by atoms with Gasteiger partial charge in [-0.3, -0.25) is 0 Å². The topological polar surface area (TPSA) is 91.3 Å². The molecule has 6 heteroatoms. The van der Waals surface area contributed by atoms with Gasteiger partial charge in [-0.05, 0) is 31.9 Å². The van der Waals surface area contributed by atoms with Crippen molar-refractivity contribution in [3.63, 3.8) is 0 Å². The summed E-state index contributed by atoms with van der Waals surface area (Å²) in [6.07, 6.45) is 2.27. The van der Waals surface area contributed by atoms with Crippen LogP contribution in [0.3, 0.4) is 0 Å². The van der Waals surface area contributed by atoms with E-state index in [2.05, 4.69) is 15.6 Å². The Hall–Kier alpha value is -2.11. The molecule has 1 heterocycles. The van der Waals surface area contributed by atoms with Crippen molar-refractivity contribution in [2.24, 2.45) is 0 Å². The van der Waals surface area contributed by atoms with E-state index in [1.807, 2.05) is 20.8 Å². The van der Waals surface area contributed by atoms with Crippen LogP contribution < -0.4 is 10.6 Å². The molecule has 2 amide bonds. The zero-order chi connectivity index (χ0) is 14.5. The molecule has 0 fully saturated rings. The van der Waals surface area contributed by atoms with Crippen LogP contribution in [-0.4, -0.2) is 27.6 Å². The first-order valence-corrected chi connectivity index (χ1v) is 6.08. The molecule has 0 radical (unpaired) electrons. The Kier molecular flexibility index (Phi) is 4.86. The van der Waals surface area contributed by atoms with Crippen LogP contribution in [0.1, 0.15) is 43.2 Å². The van der Waals surface area contributed by atoms with Crippen molar-refractivity contribution in [1.29, 1.82) is 0 Å². The van der Waals surface area contributed by atoms with Crippen molar-refractivity contribution in [3.05, 3.63) is 29.6 Å². The molecule has 6 nitrogen and oxygen atoms in total. The molecule has 1 aromatic heterocycles. The second kappa shape index (κ2) is 6.17. The molecule has 3 N–H and O–H groups in total. The van der Waals surface area contributed by atoms with Gasteiger partial charge < -0.3 is 15.7 Å². The highest BCUT2D eigenvalue weighted by Gasteiger charge is 2.17. The summed E-state index contributed by atoms with van der Waals surface area (Å²) in [5.74, 6) is -1.07. The van der Waals surface area contributed by atoms with E-state index < -0.39 is 5.97 Å². The number of hydrogen-bond acceptors (Lipinski definition) is 3. The fraction of sp³-hybridized carbons (Fsp3) is 0.462. The molecule has 0 aliphatic rings. The lowest BCUT2D eigenvalue weighted by Crippen LogP contribution is -2.47. The average molecular weight is 265 g/mol. The number of carbonyl (C=O) groups excluding carboxylic acids is 1. The largest absolute Gasteiger partial charge is 0.477 e. The number of hydrogen-bond donors (Lipinski definition) is 3. The maximum Gasteiger partial charge on any atom is 0.354 e. The molecule has 0 saturated carbocycles. The van der Waals surface area contributed by atoms with Crippen LogP contribution in [0.2, 0.25) is 0 Å². The summed E-state index contributed by atoms with van der Waals surface area (Å²) < 4.78 is 0. The SMILES string of the molecule is CCC(C)(C)NC(=O)NCc1ccc(C(=O)O)nc1. The molecule has 0 aromatic carbocycles. The number of nitrogens with zero attached hydrogens (tertiary/aromatic N) is 1. The molecule has 0 bridgehead atoms. The molecule has 0 spiro atoms. The zero-order valence-corrected chi connectivity index (χ0v) is 11.4. The van der Waals surface area contributed by atoms with Crippen molar-refractivity contribution in [2.75, 3.05) is 0 Å². The van der Waals surface area contributed by atoms with Crippen LogP contribution in [0.5, 0.6) is 0 Å². The van der Waals surface area contributed by atoms with E-state index in [0.717, 1.165) is 12.0 Å². The Balaban J connectivity index is 2.48. The van der Waals surface area contributed by atoms with Gasteiger partial charge in [0.25, 0.3) is 0 Å². The number of urea groups is 1. The first-order chi connectivity index (χ1) is 8.84. The highest BCUT2D eigenvalue weighted by atomic mass is 16.4. The fourth-order valence-corrected chi connectivity index (χ4v) is 1.28. The van der Waals surface area contributed by atoms with Crippen LogP contribution in [0, 0.1) is 0 Å². The molecular weight excluding hydrogens is 246 g/mol. The average Bonchev–Trinajstić information content (AvgIpc) is 2.36. The van der Waals surface area contributed by atoms with E-state index in [1.54, 1.807) is 6.07 Å². The number of aromatic carboxylic acids is 1. The standard InChI is InChI=1S/C13H19N3O3/c1-4-13(2,3)16-12(19)15-8-9-5-6-10(11(17)18)14-7-9/h5-7H,4,8H2,1-3H3,(H,17,18)(H2,15,16,19). The summed E-state index contributed by atoms with van der Waals surface area (Å²) in [5.41, 5.74) is 0.477. The predicted octanol–water partition coefficient (Wildman–Crippen LogP) is 1.77. The van der Waals surface area contributed by atoms with Gasteiger partial charge in [-0.1, -0.05) is 13.0 Å². The molecular formula is C13H19N3O3. The number of rotatable bonds is 5. The maximum absolute atomic E-state index is 11.6. The number of nitrogens with one attached hydrogen (secondary N) is 2. The van der Waals surface area contributed by atoms with Crippen LogP contribution in [0.25, 0.3) is 0 Å². The molecule has 1 aromatic rings. The third-order valence-electron chi connectivity index (χ3n) is 2.83. The number of carbonyl (C=O) groups is 2. The molecule has 19 heavy (non-hydrogen) atoms. The Morgan fingerprint density at radius 2 is 2.05 bits per heavy atom. The molecule has 0 atom stereocenters. The van der Waals surface area contributed by atoms with E-state index in [4.69, 9.17) is 5.11 Å². The summed E-state index contributed by atoms with van der Waals surface area (Å²) in [5, 5.41) is 14.2. The van der Waals surface area contributed by atoms with E-state index in [-0.39, 0.29) is 17.3 Å². The number of amides is 2. The normalized spacial score (nSPS) is 10.9. The zero-order valence-electron chi connectivity index (χ0n) is 11.4. The van der Waals surface area contributed by atoms with Crippen LogP contribution in [-0.2, 0) is 6.54 Å².